The first kappa shape index (κ1) is 43.2. The maximum atomic E-state index is 9.87. The van der Waals surface area contributed by atoms with Gasteiger partial charge in [-0.25, -0.2) is 0 Å². The summed E-state index contributed by atoms with van der Waals surface area (Å²) in [6.45, 7) is 6.27. The summed E-state index contributed by atoms with van der Waals surface area (Å²) in [6.07, 6.45) is 2.10. The third-order valence-corrected chi connectivity index (χ3v) is 12.0. The van der Waals surface area contributed by atoms with Crippen LogP contribution in [0.3, 0.4) is 0 Å². The molecule has 0 amide bonds. The van der Waals surface area contributed by atoms with Gasteiger partial charge in [-0.05, 0) is 49.2 Å². The largest absolute Gasteiger partial charge is 1.00 e. The van der Waals surface area contributed by atoms with E-state index in [4.69, 9.17) is 9.87 Å². The second-order valence-electron chi connectivity index (χ2n) is 10.4. The Bertz CT molecular complexity index is 1700. The Labute approximate surface area is 308 Å². The van der Waals surface area contributed by atoms with Crippen LogP contribution in [0.5, 0.6) is 0 Å². The summed E-state index contributed by atoms with van der Waals surface area (Å²) in [5, 5.41) is 10.8. The smallest absolute Gasteiger partial charge is 0.198 e. The molecule has 4 nitrogen and oxygen atoms in total. The topological polar surface area (TPSA) is 41.6 Å². The number of rotatable bonds is 10. The number of hydrogen-bond donors (Lipinski definition) is 0. The molecule has 0 N–H and O–H groups in total. The number of fused-ring (bicyclic) bond motifs is 1. The molecule has 0 aliphatic rings. The predicted octanol–water partition coefficient (Wildman–Crippen LogP) is 5.94. The number of aryl methyl sites for hydroxylation is 2. The van der Waals surface area contributed by atoms with E-state index in [-0.39, 0.29) is 31.9 Å². The van der Waals surface area contributed by atoms with Crippen molar-refractivity contribution in [2.24, 2.45) is 0 Å². The average molecular weight is 857 g/mol. The minimum Gasteiger partial charge on any atom is -1.00 e. The third-order valence-electron chi connectivity index (χ3n) is 7.00. The number of para-hydroxylation sites is 2. The number of nitrogens with zero attached hydrogens (tertiary/aromatic N) is 3. The van der Waals surface area contributed by atoms with Crippen molar-refractivity contribution in [2.75, 3.05) is 12.3 Å². The Morgan fingerprint density at radius 2 is 0.880 bits per heavy atom. The minimum absolute atomic E-state index is 0. The van der Waals surface area contributed by atoms with Crippen LogP contribution >= 0.6 is 23.7 Å². The average Bonchev–Trinajstić information content (AvgIpc) is 3.44. The normalized spacial score (nSPS) is 12.2. The van der Waals surface area contributed by atoms with Gasteiger partial charge in [0.1, 0.15) is 13.1 Å². The molecule has 6 aromatic rings. The summed E-state index contributed by atoms with van der Waals surface area (Å²) in [6, 6.07) is 52.5. The van der Waals surface area contributed by atoms with Gasteiger partial charge in [0.25, 0.3) is 0 Å². The fraction of sp³-hybridized carbons (Fsp3) is 0.114. The summed E-state index contributed by atoms with van der Waals surface area (Å²) in [5.74, 6) is 0. The van der Waals surface area contributed by atoms with E-state index in [1.807, 2.05) is 0 Å². The van der Waals surface area contributed by atoms with Crippen LogP contribution in [0.4, 0.5) is 25.2 Å². The zero-order valence-electron chi connectivity index (χ0n) is 26.3. The van der Waals surface area contributed by atoms with Gasteiger partial charge < -0.3 is 12.4 Å². The summed E-state index contributed by atoms with van der Waals surface area (Å²) in [7, 11) is -11.6. The number of hydrogen-bond acceptors (Lipinski definition) is 1. The molecular formula is C35H32ClF6N3OP3Rh-. The first-order valence-corrected chi connectivity index (χ1v) is 19.8. The van der Waals surface area contributed by atoms with E-state index in [2.05, 4.69) is 162 Å². The molecule has 50 heavy (non-hydrogen) atoms. The van der Waals surface area contributed by atoms with Gasteiger partial charge in [-0.1, -0.05) is 133 Å². The van der Waals surface area contributed by atoms with Gasteiger partial charge in [-0.2, -0.15) is 0 Å². The molecule has 0 spiro atoms. The number of halogens is 7. The van der Waals surface area contributed by atoms with Crippen LogP contribution in [0.1, 0.15) is 0 Å². The van der Waals surface area contributed by atoms with Crippen molar-refractivity contribution in [1.82, 2.24) is 9.90 Å². The predicted molar refractivity (Wildman–Crippen MR) is 185 cm³/mol. The molecular weight excluding hydrogens is 825 g/mol. The standard InChI is InChI=1S/C34H32N3P2.CO.ClH.F6P.Rh/c1-5-15-29(16-6-1)38(30-17-7-2-8-18-30)27-25-36-33-23-13-14-24-34(33)37(35-36)26-28-39(31-19-9-3-10-20-31)32-21-11-4-12-22-32;1-2;;1-7(2,3,4,5)6;/h1-24H,25-28H2;;1H;;/q+1;;;-1;/p-1/i35+1;;;;. The summed E-state index contributed by atoms with van der Waals surface area (Å²) in [5.41, 5.74) is 2.41. The zero-order chi connectivity index (χ0) is 34.7. The molecule has 0 unspecified atom stereocenters. The van der Waals surface area contributed by atoms with Gasteiger partial charge in [-0.15, -0.1) is 9.36 Å². The van der Waals surface area contributed by atoms with Crippen LogP contribution in [0.15, 0.2) is 146 Å². The van der Waals surface area contributed by atoms with Crippen molar-refractivity contribution in [3.05, 3.63) is 152 Å². The molecule has 5 aromatic carbocycles. The summed E-state index contributed by atoms with van der Waals surface area (Å²) in [4.78, 5) is 0. The molecule has 1 radical (unpaired) electrons. The van der Waals surface area contributed by atoms with Crippen molar-refractivity contribution in [3.63, 3.8) is 0 Å². The molecule has 0 aliphatic carbocycles. The first-order valence-electron chi connectivity index (χ1n) is 14.7. The maximum absolute atomic E-state index is 10.7. The van der Waals surface area contributed by atoms with Crippen molar-refractivity contribution in [2.45, 2.75) is 13.1 Å². The van der Waals surface area contributed by atoms with Crippen molar-refractivity contribution in [3.8, 4) is 0 Å². The second-order valence-corrected chi connectivity index (χ2v) is 17.0. The van der Waals surface area contributed by atoms with Crippen molar-refractivity contribution >= 4 is 55.9 Å². The van der Waals surface area contributed by atoms with Crippen LogP contribution in [0.2, 0.25) is 0 Å². The third kappa shape index (κ3) is 14.3. The van der Waals surface area contributed by atoms with E-state index in [0.29, 0.717) is 0 Å². The van der Waals surface area contributed by atoms with E-state index in [1.165, 1.54) is 32.3 Å². The molecule has 0 atom stereocenters. The van der Waals surface area contributed by atoms with Crippen LogP contribution in [0, 0.1) is 6.65 Å². The Morgan fingerprint density at radius 1 is 0.560 bits per heavy atom. The molecule has 0 aliphatic heterocycles. The molecule has 0 bridgehead atoms. The Balaban J connectivity index is 0.000000707. The molecule has 0 fully saturated rings. The van der Waals surface area contributed by atoms with Crippen LogP contribution in [-0.2, 0) is 37.2 Å². The van der Waals surface area contributed by atoms with Crippen molar-refractivity contribution < 1.29 is 66.4 Å². The van der Waals surface area contributed by atoms with Crippen molar-refractivity contribution in [1.29, 1.82) is 0 Å². The van der Waals surface area contributed by atoms with E-state index in [0.717, 1.165) is 25.4 Å². The summed E-state index contributed by atoms with van der Waals surface area (Å²) < 4.78 is 71.1. The fourth-order valence-corrected chi connectivity index (χ4v) is 9.63. The van der Waals surface area contributed by atoms with Gasteiger partial charge in [-0.3, -0.25) is 0 Å². The van der Waals surface area contributed by atoms with Gasteiger partial charge in [0.2, 0.25) is 0 Å². The fourth-order valence-electron chi connectivity index (χ4n) is 5.09. The summed E-state index contributed by atoms with van der Waals surface area (Å²) >= 11 is 0. The Morgan fingerprint density at radius 3 is 1.26 bits per heavy atom. The number of benzene rings is 5. The van der Waals surface area contributed by atoms with Gasteiger partial charge in [0, 0.05) is 31.8 Å². The van der Waals surface area contributed by atoms with Crippen LogP contribution in [0.25, 0.3) is 11.0 Å². The number of aromatic nitrogens is 3. The minimum atomic E-state index is -10.7. The van der Waals surface area contributed by atoms with Gasteiger partial charge >= 0.3 is 44.3 Å². The first-order chi connectivity index (χ1) is 22.8. The van der Waals surface area contributed by atoms with Gasteiger partial charge in [0.05, 0.1) is 5.21 Å². The molecule has 0 saturated carbocycles. The van der Waals surface area contributed by atoms with E-state index in [1.54, 1.807) is 0 Å². The SMILES string of the molecule is F[P-](F)(F)(F)(F)F.[C-]#[O+].[Cl-].[Rh].c1ccc(P(CCn2[15n][n+](CCP(c3ccccc3)c3ccccc3)c3ccccc32)c2ccccc2)cc1. The zero-order valence-corrected chi connectivity index (χ0v) is 31.3. The molecule has 6 rings (SSSR count). The molecule has 1 aromatic heterocycles. The molecule has 0 saturated heterocycles. The monoisotopic (exact) mass is 856 g/mol. The van der Waals surface area contributed by atoms with E-state index >= 15 is 0 Å². The molecule has 15 heteroatoms. The van der Waals surface area contributed by atoms with E-state index < -0.39 is 23.7 Å². The van der Waals surface area contributed by atoms with Crippen LogP contribution < -0.4 is 38.3 Å². The molecule has 267 valence electrons. The van der Waals surface area contributed by atoms with Gasteiger partial charge in [0.15, 0.2) is 11.0 Å². The maximum Gasteiger partial charge on any atom is 0.198 e. The second kappa shape index (κ2) is 18.5. The Kier molecular flexibility index (Phi) is 16.0. The van der Waals surface area contributed by atoms with Crippen LogP contribution in [-0.4, -0.2) is 22.2 Å². The van der Waals surface area contributed by atoms with E-state index in [9.17, 15) is 25.2 Å². The quantitative estimate of drug-likeness (QED) is 0.0421. The molecule has 1 heterocycles. The Hall–Kier alpha value is -2.98.